The zero-order valence-corrected chi connectivity index (χ0v) is 41.7. The highest BCUT2D eigenvalue weighted by atomic mass is 14.7. The normalized spacial score (nSPS) is 11.2. The average Bonchev–Trinajstić information content (AvgIpc) is 4.24. The second kappa shape index (κ2) is 18.2. The van der Waals surface area contributed by atoms with Crippen LogP contribution in [-0.2, 0) is 0 Å². The molecule has 0 N–H and O–H groups in total. The van der Waals surface area contributed by atoms with Crippen molar-refractivity contribution < 1.29 is 0 Å². The van der Waals surface area contributed by atoms with Crippen molar-refractivity contribution in [3.63, 3.8) is 0 Å². The molecule has 78 heavy (non-hydrogen) atoms. The van der Waals surface area contributed by atoms with Gasteiger partial charge in [0.1, 0.15) is 29.8 Å². The number of nitrogens with zero attached hydrogens (tertiary/aromatic N) is 5. The van der Waals surface area contributed by atoms with Gasteiger partial charge in [-0.1, -0.05) is 176 Å². The van der Waals surface area contributed by atoms with Gasteiger partial charge >= 0.3 is 11.8 Å². The fourth-order valence-electron chi connectivity index (χ4n) is 12.2. The van der Waals surface area contributed by atoms with Gasteiger partial charge in [-0.25, -0.2) is 0 Å². The van der Waals surface area contributed by atoms with E-state index >= 15 is 0 Å². The first-order chi connectivity index (χ1) is 38.5. The number of hydrogen-bond donors (Lipinski definition) is 0. The van der Waals surface area contributed by atoms with Crippen molar-refractivity contribution in [3.8, 4) is 142 Å². The van der Waals surface area contributed by atoms with Crippen LogP contribution in [-0.4, -0.2) is 0 Å². The predicted octanol–water partition coefficient (Wildman–Crippen LogP) is 18.8. The monoisotopic (exact) mass is 984 g/mol. The molecular formula is C73H38N5+. The molecule has 0 atom stereocenters. The van der Waals surface area contributed by atoms with E-state index in [-0.39, 0.29) is 11.1 Å². The van der Waals surface area contributed by atoms with Crippen LogP contribution in [0.3, 0.4) is 0 Å². The first-order valence-electron chi connectivity index (χ1n) is 25.7. The maximum atomic E-state index is 10.9. The van der Waals surface area contributed by atoms with Crippen LogP contribution in [0.4, 0.5) is 5.69 Å². The van der Waals surface area contributed by atoms with Crippen molar-refractivity contribution in [3.05, 3.63) is 263 Å². The third kappa shape index (κ3) is 6.97. The number of fused-ring (bicyclic) bond motifs is 6. The van der Waals surface area contributed by atoms with Crippen LogP contribution in [0, 0.1) is 51.4 Å². The fourth-order valence-corrected chi connectivity index (χ4v) is 12.2. The van der Waals surface area contributed by atoms with Crippen LogP contribution in [0.2, 0.25) is 0 Å². The molecule has 0 heterocycles. The molecule has 0 saturated heterocycles. The summed E-state index contributed by atoms with van der Waals surface area (Å²) < 4.78 is 0. The van der Waals surface area contributed by atoms with Gasteiger partial charge in [-0.05, 0) is 175 Å². The Morgan fingerprint density at radius 3 is 1.28 bits per heavy atom. The Morgan fingerprint density at radius 1 is 0.269 bits per heavy atom. The molecule has 12 aromatic rings. The summed E-state index contributed by atoms with van der Waals surface area (Å²) >= 11 is 0. The lowest BCUT2D eigenvalue weighted by Crippen LogP contribution is -1.97. The van der Waals surface area contributed by atoms with Crippen LogP contribution in [0.25, 0.3) is 138 Å². The molecule has 0 spiro atoms. The molecule has 5 heteroatoms. The summed E-state index contributed by atoms with van der Waals surface area (Å²) in [5, 5.41) is 46.2. The van der Waals surface area contributed by atoms with Gasteiger partial charge in [0.25, 0.3) is 0 Å². The predicted molar refractivity (Wildman–Crippen MR) is 314 cm³/mol. The Bertz CT molecular complexity index is 4800. The molecule has 354 valence electrons. The third-order valence-corrected chi connectivity index (χ3v) is 15.5. The maximum Gasteiger partial charge on any atom is 0.348 e. The summed E-state index contributed by atoms with van der Waals surface area (Å²) in [5.41, 5.74) is 22.7. The topological polar surface area (TPSA) is 99.5 Å². The molecule has 0 amide bonds. The van der Waals surface area contributed by atoms with Crippen molar-refractivity contribution in [2.24, 2.45) is 0 Å². The minimum absolute atomic E-state index is 0.195. The molecule has 0 unspecified atom stereocenters. The minimum atomic E-state index is 0.195. The van der Waals surface area contributed by atoms with Crippen molar-refractivity contribution >= 4 is 27.2 Å². The Labute approximate surface area is 450 Å². The smallest absolute Gasteiger partial charge is 0.192 e. The van der Waals surface area contributed by atoms with E-state index in [0.29, 0.717) is 22.4 Å². The van der Waals surface area contributed by atoms with E-state index in [0.717, 1.165) is 116 Å². The lowest BCUT2D eigenvalue weighted by Gasteiger charge is -2.21. The van der Waals surface area contributed by atoms with E-state index in [9.17, 15) is 21.0 Å². The molecule has 2 aliphatic carbocycles. The molecule has 0 radical (unpaired) electrons. The zero-order valence-electron chi connectivity index (χ0n) is 41.7. The van der Waals surface area contributed by atoms with Crippen LogP contribution in [0.5, 0.6) is 0 Å². The second-order valence-corrected chi connectivity index (χ2v) is 19.6. The van der Waals surface area contributed by atoms with Gasteiger partial charge in [0, 0.05) is 11.5 Å². The first kappa shape index (κ1) is 45.2. The van der Waals surface area contributed by atoms with E-state index in [1.165, 1.54) is 16.3 Å². The molecular weight excluding hydrogens is 947 g/mol. The Balaban J connectivity index is 0.997. The zero-order chi connectivity index (χ0) is 52.4. The molecule has 0 aliphatic heterocycles. The molecule has 2 aliphatic rings. The average molecular weight is 985 g/mol. The Kier molecular flexibility index (Phi) is 10.6. The number of rotatable bonds is 6. The molecule has 0 saturated carbocycles. The summed E-state index contributed by atoms with van der Waals surface area (Å²) in [5.74, 6) is 0. The summed E-state index contributed by atoms with van der Waals surface area (Å²) in [6.07, 6.45) is 0. The van der Waals surface area contributed by atoms with Crippen molar-refractivity contribution in [1.82, 2.24) is 0 Å². The van der Waals surface area contributed by atoms with Gasteiger partial charge in [0.15, 0.2) is 0 Å². The van der Waals surface area contributed by atoms with Crippen LogP contribution >= 0.6 is 0 Å². The molecule has 14 rings (SSSR count). The highest BCUT2D eigenvalue weighted by Gasteiger charge is 2.34. The summed E-state index contributed by atoms with van der Waals surface area (Å²) in [7, 11) is 0. The lowest BCUT2D eigenvalue weighted by molar-refractivity contribution is 1.41. The number of hydrogen-bond acceptors (Lipinski definition) is 4. The van der Waals surface area contributed by atoms with Crippen molar-refractivity contribution in [1.29, 1.82) is 21.0 Å². The van der Waals surface area contributed by atoms with Crippen LogP contribution in [0.1, 0.15) is 27.8 Å². The van der Waals surface area contributed by atoms with E-state index < -0.39 is 0 Å². The lowest BCUT2D eigenvalue weighted by atomic mass is 9.81. The Hall–Kier alpha value is -11.4. The van der Waals surface area contributed by atoms with E-state index in [2.05, 4.69) is 176 Å². The molecule has 5 nitrogen and oxygen atoms in total. The molecule has 0 fully saturated rings. The van der Waals surface area contributed by atoms with Crippen molar-refractivity contribution in [2.45, 2.75) is 0 Å². The van der Waals surface area contributed by atoms with Gasteiger partial charge in [0.05, 0.1) is 27.6 Å². The maximum absolute atomic E-state index is 10.9. The second-order valence-electron chi connectivity index (χ2n) is 19.6. The van der Waals surface area contributed by atoms with Gasteiger partial charge in [-0.15, -0.1) is 0 Å². The van der Waals surface area contributed by atoms with Gasteiger partial charge in [-0.2, -0.15) is 21.0 Å². The van der Waals surface area contributed by atoms with E-state index in [1.54, 1.807) is 6.07 Å². The fraction of sp³-hybridized carbons (Fsp3) is 0. The van der Waals surface area contributed by atoms with E-state index in [4.69, 9.17) is 4.85 Å². The minimum Gasteiger partial charge on any atom is -0.192 e. The van der Waals surface area contributed by atoms with Crippen LogP contribution < -0.4 is 0 Å². The Morgan fingerprint density at radius 2 is 0.731 bits per heavy atom. The van der Waals surface area contributed by atoms with Crippen molar-refractivity contribution in [2.75, 3.05) is 0 Å². The highest BCUT2D eigenvalue weighted by molar-refractivity contribution is 6.25. The molecule has 12 aromatic carbocycles. The largest absolute Gasteiger partial charge is 0.348 e. The quantitative estimate of drug-likeness (QED) is 0.166. The summed E-state index contributed by atoms with van der Waals surface area (Å²) in [6.45, 7) is 0. The number of benzene rings is 12. The SMILES string of the molecule is N#Cc1ccc(-c2cc(-c3ccccc3)c3c(c2-c2ccccc2)-c2cccc4c([N+]#Cc5cc(-c6cc(-c7ccccc7)c7c(c6-c6ccccc6)-c6cccc8cccc-7c68)cc(C#N)c5C#N)ccc-3c24)cc1C#N. The third-order valence-electron chi connectivity index (χ3n) is 15.5. The number of nitriles is 4. The van der Waals surface area contributed by atoms with Crippen LogP contribution in [0.15, 0.2) is 231 Å². The first-order valence-corrected chi connectivity index (χ1v) is 25.7. The molecule has 0 aromatic heterocycles. The highest BCUT2D eigenvalue weighted by Crippen LogP contribution is 2.60. The standard InChI is InChI=1S/C73H38N5/c74-39-50-31-30-49(34-52(50)40-75)62-37-60(44-16-5-1-6-17-44)71-59-32-33-65(55-26-15-29-58(69(55)59)73(71)67(62)47-20-9-3-10-21-47)78-43-54-36-51(35-53(41-76)64(54)42-77)63-38-61(45-18-7-2-8-19-45)70-56-27-13-24-46-25-14-28-57(66(46)56)72(70)68(63)48-22-11-4-12-23-48/h1-38H/q+1. The van der Waals surface area contributed by atoms with Gasteiger partial charge in [0.2, 0.25) is 0 Å². The van der Waals surface area contributed by atoms with E-state index in [1.807, 2.05) is 78.9 Å². The van der Waals surface area contributed by atoms with Gasteiger partial charge < -0.3 is 0 Å². The summed E-state index contributed by atoms with van der Waals surface area (Å²) in [4.78, 5) is 5.15. The van der Waals surface area contributed by atoms with Gasteiger partial charge in [-0.3, -0.25) is 0 Å². The summed E-state index contributed by atoms with van der Waals surface area (Å²) in [6, 6.07) is 91.4. The molecule has 0 bridgehead atoms.